The lowest BCUT2D eigenvalue weighted by Crippen LogP contribution is -2.60. The smallest absolute Gasteiger partial charge is 0.370 e. The van der Waals surface area contributed by atoms with Gasteiger partial charge in [-0.05, 0) is 20.8 Å². The molecule has 0 atom stereocenters. The first-order valence-corrected chi connectivity index (χ1v) is 7.83. The van der Waals surface area contributed by atoms with Crippen molar-refractivity contribution in [3.05, 3.63) is 29.3 Å². The molecular formula is C12H15F4O3Si. The van der Waals surface area contributed by atoms with Crippen molar-refractivity contribution in [1.29, 1.82) is 0 Å². The summed E-state index contributed by atoms with van der Waals surface area (Å²) in [6.07, 6.45) is 0. The molecule has 0 aliphatic rings. The van der Waals surface area contributed by atoms with Crippen molar-refractivity contribution in [3.8, 4) is 0 Å². The Balaban J connectivity index is 3.54. The standard InChI is InChI=1S/C12H15F4O3Si/c1-4-17-20(18-5-2,19-6-3)12-10(15)8(13)7-9(14)11(12)16/h4-6H2,1-3H3. The molecule has 0 spiro atoms. The van der Waals surface area contributed by atoms with E-state index in [4.69, 9.17) is 13.3 Å². The van der Waals surface area contributed by atoms with Crippen LogP contribution < -0.4 is 5.19 Å². The molecule has 0 saturated carbocycles. The fourth-order valence-corrected chi connectivity index (χ4v) is 4.28. The van der Waals surface area contributed by atoms with Crippen LogP contribution in [-0.2, 0) is 13.3 Å². The molecule has 20 heavy (non-hydrogen) atoms. The monoisotopic (exact) mass is 311 g/mol. The van der Waals surface area contributed by atoms with Crippen LogP contribution in [0.2, 0.25) is 0 Å². The minimum absolute atomic E-state index is 0.00689. The van der Waals surface area contributed by atoms with Gasteiger partial charge in [0.2, 0.25) is 0 Å². The largest absolute Gasteiger partial charge is 0.543 e. The first-order chi connectivity index (χ1) is 9.43. The van der Waals surface area contributed by atoms with Gasteiger partial charge in [0, 0.05) is 19.8 Å². The summed E-state index contributed by atoms with van der Waals surface area (Å²) in [5.41, 5.74) is 0. The molecule has 0 heterocycles. The molecule has 0 aliphatic heterocycles. The van der Waals surface area contributed by atoms with Crippen LogP contribution in [0.1, 0.15) is 20.8 Å². The van der Waals surface area contributed by atoms with E-state index < -0.39 is 37.3 Å². The summed E-state index contributed by atoms with van der Waals surface area (Å²) < 4.78 is 70.1. The minimum atomic E-state index is -4.07. The molecule has 1 aromatic carbocycles. The van der Waals surface area contributed by atoms with Crippen LogP contribution in [0.25, 0.3) is 0 Å². The summed E-state index contributed by atoms with van der Waals surface area (Å²) in [6, 6.07) is 1.32. The third kappa shape index (κ3) is 3.19. The Morgan fingerprint density at radius 3 is 1.45 bits per heavy atom. The molecule has 8 heteroatoms. The number of hydrogen-bond acceptors (Lipinski definition) is 3. The molecule has 0 aromatic heterocycles. The van der Waals surface area contributed by atoms with E-state index in [1.807, 2.05) is 0 Å². The van der Waals surface area contributed by atoms with E-state index >= 15 is 0 Å². The number of halogens is 4. The van der Waals surface area contributed by atoms with E-state index in [2.05, 4.69) is 0 Å². The topological polar surface area (TPSA) is 27.7 Å². The van der Waals surface area contributed by atoms with E-state index in [0.29, 0.717) is 0 Å². The van der Waals surface area contributed by atoms with Gasteiger partial charge in [-0.2, -0.15) is 0 Å². The highest BCUT2D eigenvalue weighted by Gasteiger charge is 2.49. The normalized spacial score (nSPS) is 11.9. The quantitative estimate of drug-likeness (QED) is 0.439. The Kier molecular flexibility index (Phi) is 6.12. The van der Waals surface area contributed by atoms with Gasteiger partial charge in [0.1, 0.15) is 0 Å². The van der Waals surface area contributed by atoms with Crippen molar-refractivity contribution in [1.82, 2.24) is 0 Å². The second-order valence-corrected chi connectivity index (χ2v) is 6.09. The summed E-state index contributed by atoms with van der Waals surface area (Å²) in [7, 11) is -4.07. The highest BCUT2D eigenvalue weighted by atomic mass is 28.4. The maximum atomic E-state index is 13.9. The van der Waals surface area contributed by atoms with E-state index in [-0.39, 0.29) is 19.8 Å². The average molecular weight is 311 g/mol. The first kappa shape index (κ1) is 17.1. The predicted octanol–water partition coefficient (Wildman–Crippen LogP) is 2.30. The maximum absolute atomic E-state index is 13.9. The van der Waals surface area contributed by atoms with Crippen molar-refractivity contribution in [2.24, 2.45) is 0 Å². The van der Waals surface area contributed by atoms with E-state index in [1.165, 1.54) is 6.07 Å². The number of hydrogen-bond donors (Lipinski definition) is 0. The Bertz CT molecular complexity index is 427. The van der Waals surface area contributed by atoms with Crippen LogP contribution in [0.15, 0.2) is 0 Å². The zero-order valence-corrected chi connectivity index (χ0v) is 12.4. The van der Waals surface area contributed by atoms with Crippen molar-refractivity contribution >= 4 is 14.0 Å². The Morgan fingerprint density at radius 1 is 0.800 bits per heavy atom. The number of rotatable bonds is 7. The van der Waals surface area contributed by atoms with Gasteiger partial charge in [-0.3, -0.25) is 0 Å². The molecule has 1 aromatic rings. The summed E-state index contributed by atoms with van der Waals surface area (Å²) in [6.45, 7) is 4.68. The van der Waals surface area contributed by atoms with Crippen molar-refractivity contribution in [3.63, 3.8) is 0 Å². The van der Waals surface area contributed by atoms with Crippen molar-refractivity contribution in [2.75, 3.05) is 19.8 Å². The van der Waals surface area contributed by atoms with Crippen LogP contribution in [0.5, 0.6) is 0 Å². The van der Waals surface area contributed by atoms with E-state index in [1.54, 1.807) is 20.8 Å². The fourth-order valence-electron chi connectivity index (χ4n) is 1.70. The highest BCUT2D eigenvalue weighted by Crippen LogP contribution is 2.19. The maximum Gasteiger partial charge on any atom is 0.543 e. The highest BCUT2D eigenvalue weighted by molar-refractivity contribution is 6.75. The molecule has 113 valence electrons. The zero-order valence-electron chi connectivity index (χ0n) is 11.4. The van der Waals surface area contributed by atoms with Crippen molar-refractivity contribution in [2.45, 2.75) is 20.8 Å². The molecule has 3 nitrogen and oxygen atoms in total. The molecule has 0 aliphatic carbocycles. The third-order valence-corrected chi connectivity index (χ3v) is 5.41. The average Bonchev–Trinajstić information content (AvgIpc) is 2.37. The predicted molar refractivity (Wildman–Crippen MR) is 65.4 cm³/mol. The van der Waals surface area contributed by atoms with Crippen molar-refractivity contribution < 1.29 is 30.8 Å². The van der Waals surface area contributed by atoms with Crippen LogP contribution in [0.3, 0.4) is 0 Å². The van der Waals surface area contributed by atoms with Gasteiger partial charge in [0.25, 0.3) is 0 Å². The second kappa shape index (κ2) is 7.16. The molecule has 0 saturated heterocycles. The minimum Gasteiger partial charge on any atom is -0.370 e. The Morgan fingerprint density at radius 2 is 1.15 bits per heavy atom. The summed E-state index contributed by atoms with van der Waals surface area (Å²) in [5.74, 6) is -6.50. The SMILES string of the molecule is CCO[Si](OCC)(OCC)c1c(F)c(F)[c]c(F)c1F. The van der Waals surface area contributed by atoms with E-state index in [9.17, 15) is 17.6 Å². The lowest BCUT2D eigenvalue weighted by Gasteiger charge is -2.29. The number of benzene rings is 1. The van der Waals surface area contributed by atoms with Crippen LogP contribution in [0.4, 0.5) is 17.6 Å². The molecule has 1 rings (SSSR count). The molecule has 0 fully saturated rings. The molecule has 1 radical (unpaired) electrons. The zero-order chi connectivity index (χ0) is 15.3. The molecular weight excluding hydrogens is 296 g/mol. The van der Waals surface area contributed by atoms with Gasteiger partial charge in [-0.25, -0.2) is 17.6 Å². The molecule has 0 amide bonds. The molecule has 0 bridgehead atoms. The van der Waals surface area contributed by atoms with Gasteiger partial charge in [0.05, 0.1) is 11.3 Å². The Hall–Kier alpha value is -0.963. The fraction of sp³-hybridized carbons (Fsp3) is 0.500. The van der Waals surface area contributed by atoms with Gasteiger partial charge in [0.15, 0.2) is 23.3 Å². The van der Waals surface area contributed by atoms with Gasteiger partial charge in [-0.15, -0.1) is 0 Å². The lowest BCUT2D eigenvalue weighted by atomic mass is 10.3. The van der Waals surface area contributed by atoms with Gasteiger partial charge in [-0.1, -0.05) is 0 Å². The third-order valence-electron chi connectivity index (χ3n) is 2.35. The lowest BCUT2D eigenvalue weighted by molar-refractivity contribution is 0.0840. The van der Waals surface area contributed by atoms with Crippen LogP contribution in [-0.4, -0.2) is 28.6 Å². The molecule has 0 N–H and O–H groups in total. The van der Waals surface area contributed by atoms with E-state index in [0.717, 1.165) is 0 Å². The first-order valence-electron chi connectivity index (χ1n) is 6.11. The summed E-state index contributed by atoms with van der Waals surface area (Å²) in [5, 5.41) is -0.961. The van der Waals surface area contributed by atoms with Gasteiger partial charge < -0.3 is 13.3 Å². The van der Waals surface area contributed by atoms with Gasteiger partial charge >= 0.3 is 8.80 Å². The molecule has 0 unspecified atom stereocenters. The second-order valence-electron chi connectivity index (χ2n) is 3.61. The van der Waals surface area contributed by atoms with Crippen LogP contribution >= 0.6 is 0 Å². The summed E-state index contributed by atoms with van der Waals surface area (Å²) in [4.78, 5) is 0. The van der Waals surface area contributed by atoms with Crippen LogP contribution in [0, 0.1) is 29.3 Å². The Labute approximate surface area is 115 Å². The summed E-state index contributed by atoms with van der Waals surface area (Å²) >= 11 is 0.